The van der Waals surface area contributed by atoms with Crippen molar-refractivity contribution in [2.45, 2.75) is 6.92 Å². The van der Waals surface area contributed by atoms with Gasteiger partial charge in [-0.3, -0.25) is 0 Å². The molecule has 0 atom stereocenters. The first-order chi connectivity index (χ1) is 7.25. The van der Waals surface area contributed by atoms with Gasteiger partial charge in [-0.2, -0.15) is 0 Å². The van der Waals surface area contributed by atoms with E-state index in [1.807, 2.05) is 31.2 Å². The van der Waals surface area contributed by atoms with Crippen LogP contribution in [-0.4, -0.2) is 9.97 Å². The van der Waals surface area contributed by atoms with Gasteiger partial charge in [0.2, 0.25) is 5.95 Å². The maximum atomic E-state index is 5.58. The van der Waals surface area contributed by atoms with E-state index < -0.39 is 0 Å². The van der Waals surface area contributed by atoms with Gasteiger partial charge in [0, 0.05) is 0 Å². The van der Waals surface area contributed by atoms with E-state index in [0.717, 1.165) is 11.3 Å². The summed E-state index contributed by atoms with van der Waals surface area (Å²) in [5.41, 5.74) is 6.44. The second-order valence-corrected chi connectivity index (χ2v) is 3.14. The van der Waals surface area contributed by atoms with E-state index in [4.69, 9.17) is 10.5 Å². The van der Waals surface area contributed by atoms with Crippen LogP contribution in [0.2, 0.25) is 0 Å². The van der Waals surface area contributed by atoms with Crippen molar-refractivity contribution in [2.75, 3.05) is 5.73 Å². The minimum atomic E-state index is 0.243. The van der Waals surface area contributed by atoms with Crippen molar-refractivity contribution in [2.24, 2.45) is 0 Å². The first kappa shape index (κ1) is 9.45. The fraction of sp³-hybridized carbons (Fsp3) is 0.0909. The lowest BCUT2D eigenvalue weighted by Gasteiger charge is -2.07. The molecule has 0 radical (unpaired) electrons. The number of nitrogens with two attached hydrogens (primary N) is 1. The molecule has 1 aromatic carbocycles. The number of anilines is 1. The number of nitrogen functional groups attached to an aromatic ring is 1. The Bertz CT molecular complexity index is 454. The van der Waals surface area contributed by atoms with E-state index in [-0.39, 0.29) is 5.95 Å². The first-order valence-corrected chi connectivity index (χ1v) is 4.57. The van der Waals surface area contributed by atoms with Crippen molar-refractivity contribution in [1.29, 1.82) is 0 Å². The average Bonchev–Trinajstić information content (AvgIpc) is 2.25. The van der Waals surface area contributed by atoms with E-state index in [9.17, 15) is 0 Å². The van der Waals surface area contributed by atoms with Crippen LogP contribution in [-0.2, 0) is 0 Å². The molecule has 0 fully saturated rings. The zero-order valence-corrected chi connectivity index (χ0v) is 8.34. The molecule has 15 heavy (non-hydrogen) atoms. The van der Waals surface area contributed by atoms with Crippen molar-refractivity contribution >= 4 is 5.95 Å². The van der Waals surface area contributed by atoms with Crippen LogP contribution < -0.4 is 10.5 Å². The first-order valence-electron chi connectivity index (χ1n) is 4.57. The van der Waals surface area contributed by atoms with Crippen LogP contribution in [0, 0.1) is 6.92 Å². The average molecular weight is 201 g/mol. The van der Waals surface area contributed by atoms with E-state index in [2.05, 4.69) is 9.97 Å². The normalized spacial score (nSPS) is 9.93. The van der Waals surface area contributed by atoms with E-state index in [1.165, 1.54) is 0 Å². The van der Waals surface area contributed by atoms with Crippen molar-refractivity contribution in [3.05, 3.63) is 42.2 Å². The molecule has 2 rings (SSSR count). The standard InChI is InChI=1S/C11H11N3O/c1-8-4-2-3-5-10(8)15-9-6-13-11(12)14-7-9/h2-7H,1H3,(H2,12,13,14). The van der Waals surface area contributed by atoms with Crippen molar-refractivity contribution in [1.82, 2.24) is 9.97 Å². The zero-order valence-electron chi connectivity index (χ0n) is 8.34. The molecule has 0 amide bonds. The summed E-state index contributed by atoms with van der Waals surface area (Å²) in [6.45, 7) is 1.98. The van der Waals surface area contributed by atoms with Gasteiger partial charge in [0.25, 0.3) is 0 Å². The Balaban J connectivity index is 2.22. The number of benzene rings is 1. The number of para-hydroxylation sites is 1. The topological polar surface area (TPSA) is 61.0 Å². The lowest BCUT2D eigenvalue weighted by Crippen LogP contribution is -1.94. The number of hydrogen-bond acceptors (Lipinski definition) is 4. The third kappa shape index (κ3) is 2.22. The molecular weight excluding hydrogens is 190 g/mol. The lowest BCUT2D eigenvalue weighted by molar-refractivity contribution is 0.474. The number of rotatable bonds is 2. The Morgan fingerprint density at radius 2 is 1.80 bits per heavy atom. The molecule has 0 aliphatic carbocycles. The quantitative estimate of drug-likeness (QED) is 0.808. The highest BCUT2D eigenvalue weighted by atomic mass is 16.5. The van der Waals surface area contributed by atoms with Gasteiger partial charge in [-0.15, -0.1) is 0 Å². The molecule has 76 valence electrons. The smallest absolute Gasteiger partial charge is 0.220 e. The number of aromatic nitrogens is 2. The molecular formula is C11H11N3O. The summed E-state index contributed by atoms with van der Waals surface area (Å²) < 4.78 is 5.58. The summed E-state index contributed by atoms with van der Waals surface area (Å²) in [6.07, 6.45) is 3.10. The molecule has 0 unspecified atom stereocenters. The Kier molecular flexibility index (Phi) is 2.49. The molecule has 0 spiro atoms. The molecule has 2 aromatic rings. The van der Waals surface area contributed by atoms with E-state index >= 15 is 0 Å². The van der Waals surface area contributed by atoms with Gasteiger partial charge in [0.1, 0.15) is 5.75 Å². The monoisotopic (exact) mass is 201 g/mol. The van der Waals surface area contributed by atoms with Gasteiger partial charge in [0.05, 0.1) is 12.4 Å². The van der Waals surface area contributed by atoms with Gasteiger partial charge in [-0.05, 0) is 18.6 Å². The highest BCUT2D eigenvalue weighted by Gasteiger charge is 2.00. The third-order valence-electron chi connectivity index (χ3n) is 1.97. The Labute approximate surface area is 87.7 Å². The van der Waals surface area contributed by atoms with Crippen molar-refractivity contribution in [3.8, 4) is 11.5 Å². The predicted octanol–water partition coefficient (Wildman–Crippen LogP) is 2.16. The van der Waals surface area contributed by atoms with Crippen LogP contribution in [0.1, 0.15) is 5.56 Å². The summed E-state index contributed by atoms with van der Waals surface area (Å²) in [5.74, 6) is 1.62. The van der Waals surface area contributed by atoms with Gasteiger partial charge >= 0.3 is 0 Å². The highest BCUT2D eigenvalue weighted by Crippen LogP contribution is 2.23. The fourth-order valence-corrected chi connectivity index (χ4v) is 1.18. The largest absolute Gasteiger partial charge is 0.454 e. The number of ether oxygens (including phenoxy) is 1. The van der Waals surface area contributed by atoms with Crippen molar-refractivity contribution < 1.29 is 4.74 Å². The molecule has 4 nitrogen and oxygen atoms in total. The summed E-state index contributed by atoms with van der Waals surface area (Å²) in [4.78, 5) is 7.69. The number of nitrogens with zero attached hydrogens (tertiary/aromatic N) is 2. The van der Waals surface area contributed by atoms with Crippen LogP contribution in [0.25, 0.3) is 0 Å². The second-order valence-electron chi connectivity index (χ2n) is 3.14. The second kappa shape index (κ2) is 3.96. The molecule has 0 aliphatic rings. The maximum absolute atomic E-state index is 5.58. The molecule has 1 heterocycles. The van der Waals surface area contributed by atoms with Crippen LogP contribution in [0.15, 0.2) is 36.7 Å². The molecule has 0 bridgehead atoms. The van der Waals surface area contributed by atoms with E-state index in [1.54, 1.807) is 12.4 Å². The summed E-state index contributed by atoms with van der Waals surface area (Å²) in [7, 11) is 0. The minimum Gasteiger partial charge on any atom is -0.454 e. The summed E-state index contributed by atoms with van der Waals surface area (Å²) in [5, 5.41) is 0. The third-order valence-corrected chi connectivity index (χ3v) is 1.97. The fourth-order valence-electron chi connectivity index (χ4n) is 1.18. The summed E-state index contributed by atoms with van der Waals surface area (Å²) in [6, 6.07) is 7.75. The van der Waals surface area contributed by atoms with Crippen LogP contribution in [0.5, 0.6) is 11.5 Å². The maximum Gasteiger partial charge on any atom is 0.220 e. The van der Waals surface area contributed by atoms with Gasteiger partial charge in [-0.25, -0.2) is 9.97 Å². The minimum absolute atomic E-state index is 0.243. The predicted molar refractivity (Wildman–Crippen MR) is 57.7 cm³/mol. The van der Waals surface area contributed by atoms with Crippen LogP contribution >= 0.6 is 0 Å². The van der Waals surface area contributed by atoms with E-state index in [0.29, 0.717) is 5.75 Å². The van der Waals surface area contributed by atoms with Crippen LogP contribution in [0.4, 0.5) is 5.95 Å². The van der Waals surface area contributed by atoms with Crippen molar-refractivity contribution in [3.63, 3.8) is 0 Å². The number of aryl methyl sites for hydroxylation is 1. The van der Waals surface area contributed by atoms with Crippen LogP contribution in [0.3, 0.4) is 0 Å². The Hall–Kier alpha value is -2.10. The van der Waals surface area contributed by atoms with Gasteiger partial charge in [-0.1, -0.05) is 18.2 Å². The number of hydrogen-bond donors (Lipinski definition) is 1. The lowest BCUT2D eigenvalue weighted by atomic mass is 10.2. The SMILES string of the molecule is Cc1ccccc1Oc1cnc(N)nc1. The Morgan fingerprint density at radius 1 is 1.13 bits per heavy atom. The molecule has 2 N–H and O–H groups in total. The molecule has 1 aromatic heterocycles. The Morgan fingerprint density at radius 3 is 2.47 bits per heavy atom. The summed E-state index contributed by atoms with van der Waals surface area (Å²) >= 11 is 0. The highest BCUT2D eigenvalue weighted by molar-refractivity contribution is 5.35. The molecule has 4 heteroatoms. The molecule has 0 saturated carbocycles. The molecule has 0 aliphatic heterocycles. The van der Waals surface area contributed by atoms with Gasteiger partial charge < -0.3 is 10.5 Å². The molecule has 0 saturated heterocycles. The van der Waals surface area contributed by atoms with Gasteiger partial charge in [0.15, 0.2) is 5.75 Å². The zero-order chi connectivity index (χ0) is 10.7.